The van der Waals surface area contributed by atoms with Crippen molar-refractivity contribution in [2.45, 2.75) is 0 Å². The highest BCUT2D eigenvalue weighted by molar-refractivity contribution is 7.16. The first-order chi connectivity index (χ1) is 11.1. The largest absolute Gasteiger partial charge is 0.321 e. The minimum absolute atomic E-state index is 0.154. The highest BCUT2D eigenvalue weighted by atomic mass is 35.5. The molecule has 0 aliphatic carbocycles. The van der Waals surface area contributed by atoms with E-state index in [1.165, 1.54) is 6.20 Å². The lowest BCUT2D eigenvalue weighted by Gasteiger charge is -2.02. The number of halogens is 1. The van der Waals surface area contributed by atoms with Gasteiger partial charge in [0.05, 0.1) is 15.3 Å². The highest BCUT2D eigenvalue weighted by Gasteiger charge is 2.17. The standard InChI is InChI=1S/C17H11ClN2O2S/c18-16-12(7-4-10-19-16)15(21)13-8-9-14(23-13)17(22)20-11-5-2-1-3-6-11/h1-10H,(H,20,22). The first-order valence-corrected chi connectivity index (χ1v) is 7.96. The van der Waals surface area contributed by atoms with Gasteiger partial charge in [-0.15, -0.1) is 11.3 Å². The number of amides is 1. The second-order valence-electron chi connectivity index (χ2n) is 4.65. The molecule has 0 aliphatic heterocycles. The van der Waals surface area contributed by atoms with Crippen molar-refractivity contribution in [2.24, 2.45) is 0 Å². The summed E-state index contributed by atoms with van der Waals surface area (Å²) in [5.74, 6) is -0.496. The van der Waals surface area contributed by atoms with Crippen LogP contribution in [0, 0.1) is 0 Å². The SMILES string of the molecule is O=C(Nc1ccccc1)c1ccc(C(=O)c2cccnc2Cl)s1. The zero-order valence-electron chi connectivity index (χ0n) is 11.8. The average Bonchev–Trinajstić information content (AvgIpc) is 3.06. The number of pyridine rings is 1. The third-order valence-corrected chi connectivity index (χ3v) is 4.47. The van der Waals surface area contributed by atoms with E-state index in [0.29, 0.717) is 21.0 Å². The quantitative estimate of drug-likeness (QED) is 0.568. The van der Waals surface area contributed by atoms with Gasteiger partial charge in [-0.2, -0.15) is 0 Å². The molecule has 0 saturated heterocycles. The molecule has 6 heteroatoms. The van der Waals surface area contributed by atoms with E-state index in [-0.39, 0.29) is 16.8 Å². The van der Waals surface area contributed by atoms with Gasteiger partial charge in [-0.05, 0) is 36.4 Å². The molecule has 1 N–H and O–H groups in total. The summed E-state index contributed by atoms with van der Waals surface area (Å²) >= 11 is 7.06. The topological polar surface area (TPSA) is 59.1 Å². The minimum atomic E-state index is -0.252. The van der Waals surface area contributed by atoms with Crippen LogP contribution >= 0.6 is 22.9 Å². The lowest BCUT2D eigenvalue weighted by Crippen LogP contribution is -2.09. The minimum Gasteiger partial charge on any atom is -0.321 e. The summed E-state index contributed by atoms with van der Waals surface area (Å²) in [6.07, 6.45) is 1.52. The number of carbonyl (C=O) groups is 2. The van der Waals surface area contributed by atoms with E-state index in [0.717, 1.165) is 11.3 Å². The normalized spacial score (nSPS) is 10.3. The van der Waals surface area contributed by atoms with Crippen LogP contribution in [0.3, 0.4) is 0 Å². The molecule has 0 saturated carbocycles. The Kier molecular flexibility index (Phi) is 4.50. The maximum atomic E-state index is 12.4. The zero-order chi connectivity index (χ0) is 16.2. The van der Waals surface area contributed by atoms with Crippen LogP contribution in [-0.2, 0) is 0 Å². The van der Waals surface area contributed by atoms with Gasteiger partial charge in [0.25, 0.3) is 5.91 Å². The molecule has 2 heterocycles. The number of ketones is 1. The lowest BCUT2D eigenvalue weighted by molar-refractivity contribution is 0.102. The maximum Gasteiger partial charge on any atom is 0.265 e. The van der Waals surface area contributed by atoms with Gasteiger partial charge in [0.2, 0.25) is 5.78 Å². The number of thiophene rings is 1. The number of anilines is 1. The molecule has 4 nitrogen and oxygen atoms in total. The molecule has 0 atom stereocenters. The first-order valence-electron chi connectivity index (χ1n) is 6.76. The Morgan fingerprint density at radius 1 is 0.957 bits per heavy atom. The number of nitrogens with zero attached hydrogens (tertiary/aromatic N) is 1. The van der Waals surface area contributed by atoms with E-state index < -0.39 is 0 Å². The van der Waals surface area contributed by atoms with Crippen molar-refractivity contribution >= 4 is 40.3 Å². The maximum absolute atomic E-state index is 12.4. The van der Waals surface area contributed by atoms with Crippen LogP contribution in [0.15, 0.2) is 60.8 Å². The molecule has 23 heavy (non-hydrogen) atoms. The van der Waals surface area contributed by atoms with Crippen molar-refractivity contribution < 1.29 is 9.59 Å². The third kappa shape index (κ3) is 3.47. The number of aromatic nitrogens is 1. The average molecular weight is 343 g/mol. The van der Waals surface area contributed by atoms with Crippen molar-refractivity contribution in [1.29, 1.82) is 0 Å². The fraction of sp³-hybridized carbons (Fsp3) is 0. The summed E-state index contributed by atoms with van der Waals surface area (Å²) in [5.41, 5.74) is 1.03. The molecule has 0 spiro atoms. The molecule has 0 radical (unpaired) electrons. The smallest absolute Gasteiger partial charge is 0.265 e. The van der Waals surface area contributed by atoms with Crippen molar-refractivity contribution in [1.82, 2.24) is 4.98 Å². The Bertz CT molecular complexity index is 862. The van der Waals surface area contributed by atoms with E-state index >= 15 is 0 Å². The molecule has 1 amide bonds. The fourth-order valence-corrected chi connectivity index (χ4v) is 3.04. The summed E-state index contributed by atoms with van der Waals surface area (Å²) in [6.45, 7) is 0. The number of nitrogens with one attached hydrogen (secondary N) is 1. The Labute approximate surface area is 141 Å². The molecule has 0 unspecified atom stereocenters. The van der Waals surface area contributed by atoms with Gasteiger partial charge in [0.1, 0.15) is 5.15 Å². The molecule has 114 valence electrons. The van der Waals surface area contributed by atoms with Crippen LogP contribution in [-0.4, -0.2) is 16.7 Å². The second-order valence-corrected chi connectivity index (χ2v) is 6.10. The number of rotatable bonds is 4. The Balaban J connectivity index is 1.79. The number of para-hydroxylation sites is 1. The Morgan fingerprint density at radius 3 is 2.43 bits per heavy atom. The number of carbonyl (C=O) groups excluding carboxylic acids is 2. The van der Waals surface area contributed by atoms with E-state index in [2.05, 4.69) is 10.3 Å². The van der Waals surface area contributed by atoms with Crippen molar-refractivity contribution in [3.63, 3.8) is 0 Å². The Hall–Kier alpha value is -2.50. The van der Waals surface area contributed by atoms with Gasteiger partial charge in [-0.25, -0.2) is 4.98 Å². The summed E-state index contributed by atoms with van der Waals surface area (Å²) in [6, 6.07) is 15.6. The molecule has 1 aromatic carbocycles. The van der Waals surface area contributed by atoms with Gasteiger partial charge in [0, 0.05) is 11.9 Å². The van der Waals surface area contributed by atoms with E-state index in [1.54, 1.807) is 36.4 Å². The fourth-order valence-electron chi connectivity index (χ4n) is 1.98. The molecule has 3 aromatic rings. The molecular weight excluding hydrogens is 332 g/mol. The summed E-state index contributed by atoms with van der Waals surface area (Å²) in [7, 11) is 0. The molecule has 0 fully saturated rings. The second kappa shape index (κ2) is 6.73. The Morgan fingerprint density at radius 2 is 1.70 bits per heavy atom. The van der Waals surface area contributed by atoms with Gasteiger partial charge in [0.15, 0.2) is 0 Å². The van der Waals surface area contributed by atoms with Gasteiger partial charge < -0.3 is 5.32 Å². The van der Waals surface area contributed by atoms with Crippen molar-refractivity contribution in [3.8, 4) is 0 Å². The van der Waals surface area contributed by atoms with Gasteiger partial charge >= 0.3 is 0 Å². The molecule has 0 bridgehead atoms. The predicted molar refractivity (Wildman–Crippen MR) is 91.4 cm³/mol. The lowest BCUT2D eigenvalue weighted by atomic mass is 10.1. The summed E-state index contributed by atoms with van der Waals surface area (Å²) in [4.78, 5) is 29.4. The molecule has 3 rings (SSSR count). The molecule has 0 aliphatic rings. The van der Waals surface area contributed by atoms with Crippen LogP contribution in [0.5, 0.6) is 0 Å². The number of benzene rings is 1. The van der Waals surface area contributed by atoms with E-state index in [9.17, 15) is 9.59 Å². The third-order valence-electron chi connectivity index (χ3n) is 3.09. The first kappa shape index (κ1) is 15.4. The van der Waals surface area contributed by atoms with Crippen LogP contribution in [0.4, 0.5) is 5.69 Å². The number of hydrogen-bond donors (Lipinski definition) is 1. The van der Waals surface area contributed by atoms with Crippen molar-refractivity contribution in [2.75, 3.05) is 5.32 Å². The highest BCUT2D eigenvalue weighted by Crippen LogP contribution is 2.23. The van der Waals surface area contributed by atoms with Crippen LogP contribution in [0.25, 0.3) is 0 Å². The van der Waals surface area contributed by atoms with Gasteiger partial charge in [-0.3, -0.25) is 9.59 Å². The van der Waals surface area contributed by atoms with Crippen LogP contribution < -0.4 is 5.32 Å². The van der Waals surface area contributed by atoms with E-state index in [4.69, 9.17) is 11.6 Å². The molecule has 2 aromatic heterocycles. The van der Waals surface area contributed by atoms with Crippen LogP contribution in [0.1, 0.15) is 24.9 Å². The summed E-state index contributed by atoms with van der Waals surface area (Å²) in [5, 5.41) is 2.94. The predicted octanol–water partition coefficient (Wildman–Crippen LogP) is 4.28. The number of hydrogen-bond acceptors (Lipinski definition) is 4. The zero-order valence-corrected chi connectivity index (χ0v) is 13.4. The summed E-state index contributed by atoms with van der Waals surface area (Å²) < 4.78 is 0. The van der Waals surface area contributed by atoms with Gasteiger partial charge in [-0.1, -0.05) is 29.8 Å². The van der Waals surface area contributed by atoms with Crippen LogP contribution in [0.2, 0.25) is 5.15 Å². The van der Waals surface area contributed by atoms with E-state index in [1.807, 2.05) is 18.2 Å². The molecular formula is C17H11ClN2O2S. The van der Waals surface area contributed by atoms with Crippen molar-refractivity contribution in [3.05, 3.63) is 81.3 Å². The monoisotopic (exact) mass is 342 g/mol.